The number of ether oxygens (including phenoxy) is 1. The van der Waals surface area contributed by atoms with E-state index in [1.54, 1.807) is 0 Å². The Morgan fingerprint density at radius 2 is 1.74 bits per heavy atom. The van der Waals surface area contributed by atoms with E-state index in [1.807, 2.05) is 13.8 Å². The molecule has 3 nitrogen and oxygen atoms in total. The van der Waals surface area contributed by atoms with E-state index in [0.717, 1.165) is 17.6 Å². The molecule has 0 amide bonds. The lowest BCUT2D eigenvalue weighted by Gasteiger charge is -2.24. The lowest BCUT2D eigenvalue weighted by atomic mass is 9.89. The number of hydrogen-bond donors (Lipinski definition) is 2. The van der Waals surface area contributed by atoms with Crippen molar-refractivity contribution in [2.75, 3.05) is 0 Å². The SMILES string of the molecule is CC(C)Oc1ccc(C(NN)C2CC3CC3C2)cc1. The van der Waals surface area contributed by atoms with Crippen LogP contribution in [-0.2, 0) is 0 Å². The third-order valence-corrected chi connectivity index (χ3v) is 4.54. The molecular formula is C16H24N2O. The molecule has 3 rings (SSSR count). The van der Waals surface area contributed by atoms with Gasteiger partial charge in [0.05, 0.1) is 6.10 Å². The average molecular weight is 260 g/mol. The quantitative estimate of drug-likeness (QED) is 0.632. The molecule has 3 N–H and O–H groups in total. The maximum Gasteiger partial charge on any atom is 0.119 e. The van der Waals surface area contributed by atoms with Gasteiger partial charge in [0.15, 0.2) is 0 Å². The van der Waals surface area contributed by atoms with Crippen molar-refractivity contribution in [3.63, 3.8) is 0 Å². The number of hydrazine groups is 1. The third-order valence-electron chi connectivity index (χ3n) is 4.54. The summed E-state index contributed by atoms with van der Waals surface area (Å²) in [6.07, 6.45) is 4.35. The first-order valence-electron chi connectivity index (χ1n) is 7.40. The molecule has 0 bridgehead atoms. The molecule has 2 saturated carbocycles. The lowest BCUT2D eigenvalue weighted by Crippen LogP contribution is -2.33. The van der Waals surface area contributed by atoms with Gasteiger partial charge < -0.3 is 4.74 Å². The maximum absolute atomic E-state index is 5.78. The predicted molar refractivity (Wildman–Crippen MR) is 76.6 cm³/mol. The summed E-state index contributed by atoms with van der Waals surface area (Å²) < 4.78 is 5.68. The highest BCUT2D eigenvalue weighted by Crippen LogP contribution is 2.57. The van der Waals surface area contributed by atoms with Crippen LogP contribution < -0.4 is 16.0 Å². The molecule has 0 aromatic heterocycles. The van der Waals surface area contributed by atoms with Gasteiger partial charge >= 0.3 is 0 Å². The van der Waals surface area contributed by atoms with E-state index in [9.17, 15) is 0 Å². The lowest BCUT2D eigenvalue weighted by molar-refractivity contribution is 0.242. The molecule has 1 aromatic carbocycles. The molecule has 104 valence electrons. The molecule has 0 saturated heterocycles. The van der Waals surface area contributed by atoms with Gasteiger partial charge in [0.25, 0.3) is 0 Å². The van der Waals surface area contributed by atoms with Crippen molar-refractivity contribution >= 4 is 0 Å². The van der Waals surface area contributed by atoms with Gasteiger partial charge in [0.1, 0.15) is 5.75 Å². The van der Waals surface area contributed by atoms with E-state index in [4.69, 9.17) is 10.6 Å². The van der Waals surface area contributed by atoms with Gasteiger partial charge in [-0.3, -0.25) is 11.3 Å². The van der Waals surface area contributed by atoms with Crippen LogP contribution >= 0.6 is 0 Å². The molecule has 0 radical (unpaired) electrons. The van der Waals surface area contributed by atoms with Gasteiger partial charge in [-0.25, -0.2) is 0 Å². The smallest absolute Gasteiger partial charge is 0.119 e. The second-order valence-electron chi connectivity index (χ2n) is 6.37. The molecule has 3 unspecified atom stereocenters. The van der Waals surface area contributed by atoms with E-state index in [2.05, 4.69) is 29.7 Å². The van der Waals surface area contributed by atoms with Crippen LogP contribution in [0.1, 0.15) is 44.7 Å². The zero-order chi connectivity index (χ0) is 13.4. The zero-order valence-electron chi connectivity index (χ0n) is 11.8. The Kier molecular flexibility index (Phi) is 3.50. The first-order chi connectivity index (χ1) is 9.17. The van der Waals surface area contributed by atoms with Gasteiger partial charge in [-0.05, 0) is 68.6 Å². The van der Waals surface area contributed by atoms with Crippen LogP contribution in [0.2, 0.25) is 0 Å². The van der Waals surface area contributed by atoms with E-state index >= 15 is 0 Å². The van der Waals surface area contributed by atoms with Crippen molar-refractivity contribution in [2.24, 2.45) is 23.6 Å². The Hall–Kier alpha value is -1.06. The van der Waals surface area contributed by atoms with Gasteiger partial charge in [0.2, 0.25) is 0 Å². The van der Waals surface area contributed by atoms with E-state index in [0.29, 0.717) is 12.0 Å². The molecule has 0 aliphatic heterocycles. The fourth-order valence-corrected chi connectivity index (χ4v) is 3.56. The van der Waals surface area contributed by atoms with Gasteiger partial charge in [0, 0.05) is 6.04 Å². The van der Waals surface area contributed by atoms with E-state index in [-0.39, 0.29) is 6.10 Å². The van der Waals surface area contributed by atoms with Crippen molar-refractivity contribution in [3.8, 4) is 5.75 Å². The molecule has 2 fully saturated rings. The monoisotopic (exact) mass is 260 g/mol. The van der Waals surface area contributed by atoms with Crippen molar-refractivity contribution in [1.82, 2.24) is 5.43 Å². The Morgan fingerprint density at radius 3 is 2.26 bits per heavy atom. The number of nitrogens with one attached hydrogen (secondary N) is 1. The van der Waals surface area contributed by atoms with Crippen LogP contribution in [0, 0.1) is 17.8 Å². The van der Waals surface area contributed by atoms with E-state index < -0.39 is 0 Å². The first kappa shape index (κ1) is 12.9. The first-order valence-corrected chi connectivity index (χ1v) is 7.40. The molecular weight excluding hydrogens is 236 g/mol. The van der Waals surface area contributed by atoms with Crippen LogP contribution in [0.3, 0.4) is 0 Å². The molecule has 2 aliphatic carbocycles. The molecule has 3 atom stereocenters. The molecule has 3 heteroatoms. The standard InChI is InChI=1S/C16H24N2O/c1-10(2)19-15-5-3-11(4-6-15)16(18-17)14-8-12-7-13(12)9-14/h3-6,10,12-14,16,18H,7-9,17H2,1-2H3. The van der Waals surface area contributed by atoms with Crippen molar-refractivity contribution < 1.29 is 4.74 Å². The predicted octanol–water partition coefficient (Wildman–Crippen LogP) is 3.02. The van der Waals surface area contributed by atoms with Crippen LogP contribution in [0.25, 0.3) is 0 Å². The minimum atomic E-state index is 0.219. The zero-order valence-corrected chi connectivity index (χ0v) is 11.8. The van der Waals surface area contributed by atoms with Crippen LogP contribution in [0.4, 0.5) is 0 Å². The van der Waals surface area contributed by atoms with Crippen LogP contribution in [-0.4, -0.2) is 6.10 Å². The second-order valence-corrected chi connectivity index (χ2v) is 6.37. The number of benzene rings is 1. The highest BCUT2D eigenvalue weighted by Gasteiger charge is 2.47. The third kappa shape index (κ3) is 2.77. The topological polar surface area (TPSA) is 47.3 Å². The Bertz CT molecular complexity index is 419. The Labute approximate surface area is 115 Å². The van der Waals surface area contributed by atoms with Crippen molar-refractivity contribution in [2.45, 2.75) is 45.3 Å². The summed E-state index contributed by atoms with van der Waals surface area (Å²) in [6.45, 7) is 4.09. The molecule has 1 aromatic rings. The van der Waals surface area contributed by atoms with Crippen molar-refractivity contribution in [1.29, 1.82) is 0 Å². The normalized spacial score (nSPS) is 30.2. The van der Waals surface area contributed by atoms with Gasteiger partial charge in [-0.2, -0.15) is 0 Å². The molecule has 0 heterocycles. The fraction of sp³-hybridized carbons (Fsp3) is 0.625. The van der Waals surface area contributed by atoms with Gasteiger partial charge in [-0.15, -0.1) is 0 Å². The number of rotatable bonds is 5. The summed E-state index contributed by atoms with van der Waals surface area (Å²) in [5.74, 6) is 9.40. The largest absolute Gasteiger partial charge is 0.491 e. The highest BCUT2D eigenvalue weighted by molar-refractivity contribution is 5.30. The summed E-state index contributed by atoms with van der Waals surface area (Å²) >= 11 is 0. The summed E-state index contributed by atoms with van der Waals surface area (Å²) in [4.78, 5) is 0. The maximum atomic E-state index is 5.78. The number of nitrogens with two attached hydrogens (primary N) is 1. The highest BCUT2D eigenvalue weighted by atomic mass is 16.5. The van der Waals surface area contributed by atoms with E-state index in [1.165, 1.54) is 24.8 Å². The second kappa shape index (κ2) is 5.14. The summed E-state index contributed by atoms with van der Waals surface area (Å²) in [5, 5.41) is 0. The number of hydrogen-bond acceptors (Lipinski definition) is 3. The fourth-order valence-electron chi connectivity index (χ4n) is 3.56. The minimum absolute atomic E-state index is 0.219. The molecule has 0 spiro atoms. The average Bonchev–Trinajstić information content (AvgIpc) is 2.99. The molecule has 19 heavy (non-hydrogen) atoms. The van der Waals surface area contributed by atoms with Crippen LogP contribution in [0.5, 0.6) is 5.75 Å². The number of fused-ring (bicyclic) bond motifs is 1. The summed E-state index contributed by atoms with van der Waals surface area (Å²) in [6, 6.07) is 8.68. The van der Waals surface area contributed by atoms with Crippen molar-refractivity contribution in [3.05, 3.63) is 29.8 Å². The minimum Gasteiger partial charge on any atom is -0.491 e. The summed E-state index contributed by atoms with van der Waals surface area (Å²) in [5.41, 5.74) is 4.30. The van der Waals surface area contributed by atoms with Gasteiger partial charge in [-0.1, -0.05) is 12.1 Å². The Morgan fingerprint density at radius 1 is 1.11 bits per heavy atom. The molecule has 2 aliphatic rings. The summed E-state index contributed by atoms with van der Waals surface area (Å²) in [7, 11) is 0. The van der Waals surface area contributed by atoms with Crippen LogP contribution in [0.15, 0.2) is 24.3 Å². The Balaban J connectivity index is 1.68.